The minimum atomic E-state index is -0.542. The second-order valence-corrected chi connectivity index (χ2v) is 4.17. The summed E-state index contributed by atoms with van der Waals surface area (Å²) < 4.78 is 31.3. The van der Waals surface area contributed by atoms with Crippen molar-refractivity contribution in [3.8, 4) is 0 Å². The van der Waals surface area contributed by atoms with E-state index < -0.39 is 11.6 Å². The summed E-state index contributed by atoms with van der Waals surface area (Å²) in [6, 6.07) is 3.55. The highest BCUT2D eigenvalue weighted by atomic mass is 19.1. The zero-order valence-electron chi connectivity index (χ0n) is 10.5. The monoisotopic (exact) mass is 243 g/mol. The topological polar surface area (TPSA) is 21.3 Å². The molecule has 0 aliphatic rings. The Kier molecular flexibility index (Phi) is 5.51. The molecule has 0 bridgehead atoms. The summed E-state index contributed by atoms with van der Waals surface area (Å²) in [4.78, 5) is 0. The van der Waals surface area contributed by atoms with Gasteiger partial charge in [-0.05, 0) is 44.5 Å². The third-order valence-electron chi connectivity index (χ3n) is 2.90. The molecule has 0 saturated heterocycles. The van der Waals surface area contributed by atoms with Crippen LogP contribution in [0.5, 0.6) is 0 Å². The van der Waals surface area contributed by atoms with Crippen molar-refractivity contribution in [2.24, 2.45) is 0 Å². The molecule has 0 heterocycles. The van der Waals surface area contributed by atoms with Gasteiger partial charge in [0.05, 0.1) is 6.10 Å². The van der Waals surface area contributed by atoms with Crippen molar-refractivity contribution in [1.82, 2.24) is 5.32 Å². The number of hydrogen-bond donors (Lipinski definition) is 1. The van der Waals surface area contributed by atoms with Crippen molar-refractivity contribution in [1.29, 1.82) is 0 Å². The van der Waals surface area contributed by atoms with E-state index in [9.17, 15) is 8.78 Å². The Morgan fingerprint density at radius 2 is 1.76 bits per heavy atom. The number of nitrogens with one attached hydrogen (secondary N) is 1. The van der Waals surface area contributed by atoms with Gasteiger partial charge in [0.25, 0.3) is 0 Å². The molecule has 1 aromatic carbocycles. The lowest BCUT2D eigenvalue weighted by Gasteiger charge is -2.18. The molecule has 0 spiro atoms. The average molecular weight is 243 g/mol. The maximum Gasteiger partial charge on any atom is 0.126 e. The molecule has 2 unspecified atom stereocenters. The van der Waals surface area contributed by atoms with E-state index in [1.807, 2.05) is 6.92 Å². The third-order valence-corrected chi connectivity index (χ3v) is 2.90. The number of ether oxygens (including phenoxy) is 1. The minimum Gasteiger partial charge on any atom is -0.382 e. The van der Waals surface area contributed by atoms with Crippen LogP contribution in [-0.2, 0) is 4.74 Å². The standard InChI is InChI=1S/C13H19F2NO/c1-9(17-3)4-5-13(16-2)10-6-11(14)8-12(15)7-10/h6-9,13,16H,4-5H2,1-3H3. The molecule has 2 nitrogen and oxygen atoms in total. The van der Waals surface area contributed by atoms with Crippen LogP contribution in [0, 0.1) is 11.6 Å². The Labute approximate surface area is 101 Å². The first-order chi connectivity index (χ1) is 8.06. The van der Waals surface area contributed by atoms with Crippen molar-refractivity contribution >= 4 is 0 Å². The summed E-state index contributed by atoms with van der Waals surface area (Å²) in [5.41, 5.74) is 0.633. The fraction of sp³-hybridized carbons (Fsp3) is 0.538. The van der Waals surface area contributed by atoms with Crippen LogP contribution in [-0.4, -0.2) is 20.3 Å². The minimum absolute atomic E-state index is 0.0576. The van der Waals surface area contributed by atoms with Gasteiger partial charge in [0.2, 0.25) is 0 Å². The van der Waals surface area contributed by atoms with Crippen LogP contribution >= 0.6 is 0 Å². The molecule has 0 saturated carbocycles. The van der Waals surface area contributed by atoms with Gasteiger partial charge in [-0.25, -0.2) is 8.78 Å². The van der Waals surface area contributed by atoms with Gasteiger partial charge in [-0.15, -0.1) is 0 Å². The first kappa shape index (κ1) is 14.1. The summed E-state index contributed by atoms with van der Waals surface area (Å²) in [5, 5.41) is 3.06. The lowest BCUT2D eigenvalue weighted by molar-refractivity contribution is 0.106. The van der Waals surface area contributed by atoms with E-state index in [2.05, 4.69) is 5.32 Å². The molecular formula is C13H19F2NO. The molecule has 1 N–H and O–H groups in total. The molecule has 4 heteroatoms. The summed E-state index contributed by atoms with van der Waals surface area (Å²) in [5.74, 6) is -1.08. The SMILES string of the molecule is CNC(CCC(C)OC)c1cc(F)cc(F)c1. The van der Waals surface area contributed by atoms with Gasteiger partial charge >= 0.3 is 0 Å². The Balaban J connectivity index is 2.72. The van der Waals surface area contributed by atoms with Crippen LogP contribution < -0.4 is 5.32 Å². The summed E-state index contributed by atoms with van der Waals surface area (Å²) >= 11 is 0. The molecular weight excluding hydrogens is 224 g/mol. The number of rotatable bonds is 6. The van der Waals surface area contributed by atoms with E-state index >= 15 is 0 Å². The lowest BCUT2D eigenvalue weighted by Crippen LogP contribution is -2.19. The van der Waals surface area contributed by atoms with E-state index in [1.54, 1.807) is 14.2 Å². The molecule has 0 aliphatic carbocycles. The number of methoxy groups -OCH3 is 1. The zero-order chi connectivity index (χ0) is 12.8. The second-order valence-electron chi connectivity index (χ2n) is 4.17. The van der Waals surface area contributed by atoms with E-state index in [0.29, 0.717) is 5.56 Å². The highest BCUT2D eigenvalue weighted by Gasteiger charge is 2.13. The van der Waals surface area contributed by atoms with Crippen LogP contribution in [0.15, 0.2) is 18.2 Å². The molecule has 96 valence electrons. The van der Waals surface area contributed by atoms with Gasteiger partial charge in [-0.1, -0.05) is 0 Å². The summed E-state index contributed by atoms with van der Waals surface area (Å²) in [6.07, 6.45) is 1.75. The summed E-state index contributed by atoms with van der Waals surface area (Å²) in [6.45, 7) is 1.97. The van der Waals surface area contributed by atoms with Gasteiger partial charge < -0.3 is 10.1 Å². The second kappa shape index (κ2) is 6.67. The fourth-order valence-electron chi connectivity index (χ4n) is 1.77. The Hall–Kier alpha value is -1.00. The molecule has 0 aliphatic heterocycles. The normalized spacial score (nSPS) is 14.6. The van der Waals surface area contributed by atoms with Crippen molar-refractivity contribution in [2.75, 3.05) is 14.2 Å². The van der Waals surface area contributed by atoms with E-state index in [-0.39, 0.29) is 12.1 Å². The highest BCUT2D eigenvalue weighted by molar-refractivity contribution is 5.21. The van der Waals surface area contributed by atoms with Crippen LogP contribution in [0.4, 0.5) is 8.78 Å². The first-order valence-corrected chi connectivity index (χ1v) is 5.73. The Morgan fingerprint density at radius 3 is 2.24 bits per heavy atom. The van der Waals surface area contributed by atoms with E-state index in [0.717, 1.165) is 18.9 Å². The van der Waals surface area contributed by atoms with Gasteiger partial charge in [0.1, 0.15) is 11.6 Å². The zero-order valence-corrected chi connectivity index (χ0v) is 10.5. The van der Waals surface area contributed by atoms with Crippen molar-refractivity contribution < 1.29 is 13.5 Å². The molecule has 0 amide bonds. The highest BCUT2D eigenvalue weighted by Crippen LogP contribution is 2.21. The van der Waals surface area contributed by atoms with E-state index in [1.165, 1.54) is 12.1 Å². The van der Waals surface area contributed by atoms with Crippen LogP contribution in [0.25, 0.3) is 0 Å². The third kappa shape index (κ3) is 4.40. The number of halogens is 2. The number of hydrogen-bond acceptors (Lipinski definition) is 2. The predicted molar refractivity (Wildman–Crippen MR) is 63.9 cm³/mol. The smallest absolute Gasteiger partial charge is 0.126 e. The van der Waals surface area contributed by atoms with Gasteiger partial charge in [-0.2, -0.15) is 0 Å². The van der Waals surface area contributed by atoms with Gasteiger partial charge in [0.15, 0.2) is 0 Å². The van der Waals surface area contributed by atoms with Crippen molar-refractivity contribution in [3.63, 3.8) is 0 Å². The van der Waals surface area contributed by atoms with Crippen LogP contribution in [0.3, 0.4) is 0 Å². The molecule has 2 atom stereocenters. The molecule has 1 aromatic rings. The maximum absolute atomic E-state index is 13.1. The lowest BCUT2D eigenvalue weighted by atomic mass is 10.0. The Morgan fingerprint density at radius 1 is 1.18 bits per heavy atom. The average Bonchev–Trinajstić information content (AvgIpc) is 2.28. The predicted octanol–water partition coefficient (Wildman–Crippen LogP) is 3.04. The number of benzene rings is 1. The van der Waals surface area contributed by atoms with Gasteiger partial charge in [0, 0.05) is 19.2 Å². The molecule has 17 heavy (non-hydrogen) atoms. The van der Waals surface area contributed by atoms with E-state index in [4.69, 9.17) is 4.74 Å². The van der Waals surface area contributed by atoms with Crippen LogP contribution in [0.1, 0.15) is 31.4 Å². The molecule has 0 fully saturated rings. The molecule has 0 radical (unpaired) electrons. The first-order valence-electron chi connectivity index (χ1n) is 5.73. The Bertz CT molecular complexity index is 337. The summed E-state index contributed by atoms with van der Waals surface area (Å²) in [7, 11) is 3.44. The van der Waals surface area contributed by atoms with Crippen LogP contribution in [0.2, 0.25) is 0 Å². The van der Waals surface area contributed by atoms with Crippen molar-refractivity contribution in [2.45, 2.75) is 31.9 Å². The molecule has 0 aromatic heterocycles. The maximum atomic E-state index is 13.1. The van der Waals surface area contributed by atoms with Crippen molar-refractivity contribution in [3.05, 3.63) is 35.4 Å². The van der Waals surface area contributed by atoms with Gasteiger partial charge in [-0.3, -0.25) is 0 Å². The quantitative estimate of drug-likeness (QED) is 0.829. The largest absolute Gasteiger partial charge is 0.382 e. The fourth-order valence-corrected chi connectivity index (χ4v) is 1.77. The molecule has 1 rings (SSSR count).